The standard InChI is InChI=1S/C12H8ClN3O2S/c1-6-9(11(17)18)19-12-14-10(15-16(6)12)7-2-4-8(13)5-3-7/h2-5H,1H3,(H,17,18)/p-1. The van der Waals surface area contributed by atoms with Gasteiger partial charge in [0.2, 0.25) is 4.96 Å². The summed E-state index contributed by atoms with van der Waals surface area (Å²) in [5.41, 5.74) is 1.35. The highest BCUT2D eigenvalue weighted by atomic mass is 35.5. The molecule has 0 bridgehead atoms. The van der Waals surface area contributed by atoms with Gasteiger partial charge in [0.1, 0.15) is 0 Å². The number of halogens is 1. The number of fused-ring (bicyclic) bond motifs is 1. The number of hydrogen-bond acceptors (Lipinski definition) is 5. The molecule has 0 fully saturated rings. The Morgan fingerprint density at radius 2 is 2.05 bits per heavy atom. The molecule has 96 valence electrons. The first-order valence-corrected chi connectivity index (χ1v) is 6.59. The molecule has 2 aromatic heterocycles. The Balaban J connectivity index is 2.13. The Kier molecular flexibility index (Phi) is 2.76. The van der Waals surface area contributed by atoms with Crippen molar-refractivity contribution in [1.29, 1.82) is 0 Å². The van der Waals surface area contributed by atoms with E-state index in [-0.39, 0.29) is 4.88 Å². The average molecular weight is 293 g/mol. The van der Waals surface area contributed by atoms with Crippen LogP contribution in [0.25, 0.3) is 16.3 Å². The number of nitrogens with zero attached hydrogens (tertiary/aromatic N) is 3. The van der Waals surface area contributed by atoms with Gasteiger partial charge in [0.05, 0.1) is 16.5 Å². The molecule has 0 atom stereocenters. The smallest absolute Gasteiger partial charge is 0.213 e. The van der Waals surface area contributed by atoms with Crippen LogP contribution >= 0.6 is 22.9 Å². The third kappa shape index (κ3) is 1.98. The number of hydrogen-bond donors (Lipinski definition) is 0. The SMILES string of the molecule is Cc1c(C(=O)[O-])sc2nc(-c3ccc(Cl)cc3)nn12. The van der Waals surface area contributed by atoms with Crippen molar-refractivity contribution in [3.63, 3.8) is 0 Å². The normalized spacial score (nSPS) is 11.1. The highest BCUT2D eigenvalue weighted by Crippen LogP contribution is 2.25. The van der Waals surface area contributed by atoms with Crippen LogP contribution in [0.3, 0.4) is 0 Å². The van der Waals surface area contributed by atoms with Gasteiger partial charge in [-0.25, -0.2) is 4.52 Å². The lowest BCUT2D eigenvalue weighted by molar-refractivity contribution is -0.254. The number of thiazole rings is 1. The zero-order chi connectivity index (χ0) is 13.6. The molecule has 0 aliphatic carbocycles. The molecule has 0 aliphatic heterocycles. The quantitative estimate of drug-likeness (QED) is 0.722. The number of benzene rings is 1. The monoisotopic (exact) mass is 292 g/mol. The third-order valence-corrected chi connectivity index (χ3v) is 4.07. The summed E-state index contributed by atoms with van der Waals surface area (Å²) >= 11 is 6.87. The van der Waals surface area contributed by atoms with Crippen LogP contribution in [-0.2, 0) is 0 Å². The molecule has 3 aromatic rings. The summed E-state index contributed by atoms with van der Waals surface area (Å²) in [5.74, 6) is -0.668. The Morgan fingerprint density at radius 1 is 1.37 bits per heavy atom. The lowest BCUT2D eigenvalue weighted by atomic mass is 10.2. The molecule has 0 radical (unpaired) electrons. The van der Waals surface area contributed by atoms with Crippen molar-refractivity contribution in [2.75, 3.05) is 0 Å². The molecule has 7 heteroatoms. The molecule has 0 N–H and O–H groups in total. The topological polar surface area (TPSA) is 70.3 Å². The molecule has 19 heavy (non-hydrogen) atoms. The fourth-order valence-electron chi connectivity index (χ4n) is 1.75. The number of aromatic carboxylic acids is 1. The zero-order valence-corrected chi connectivity index (χ0v) is 11.3. The van der Waals surface area contributed by atoms with E-state index in [1.54, 1.807) is 19.1 Å². The van der Waals surface area contributed by atoms with E-state index >= 15 is 0 Å². The summed E-state index contributed by atoms with van der Waals surface area (Å²) < 4.78 is 1.51. The summed E-state index contributed by atoms with van der Waals surface area (Å²) in [5, 5.41) is 15.8. The molecule has 5 nitrogen and oxygen atoms in total. The summed E-state index contributed by atoms with van der Waals surface area (Å²) in [4.78, 5) is 15.9. The number of rotatable bonds is 2. The van der Waals surface area contributed by atoms with Gasteiger partial charge in [-0.15, -0.1) is 5.10 Å². The van der Waals surface area contributed by atoms with E-state index in [2.05, 4.69) is 10.1 Å². The summed E-state index contributed by atoms with van der Waals surface area (Å²) in [6.07, 6.45) is 0. The van der Waals surface area contributed by atoms with Crippen LogP contribution in [0.15, 0.2) is 24.3 Å². The molecule has 0 saturated heterocycles. The molecule has 0 amide bonds. The van der Waals surface area contributed by atoms with Gasteiger partial charge in [0.15, 0.2) is 5.82 Å². The van der Waals surface area contributed by atoms with Crippen molar-refractivity contribution >= 4 is 33.9 Å². The van der Waals surface area contributed by atoms with E-state index in [0.29, 0.717) is 21.5 Å². The molecule has 3 rings (SSSR count). The van der Waals surface area contributed by atoms with E-state index in [9.17, 15) is 9.90 Å². The van der Waals surface area contributed by atoms with Crippen LogP contribution in [0, 0.1) is 6.92 Å². The molecule has 1 aromatic carbocycles. The van der Waals surface area contributed by atoms with Crippen LogP contribution in [0.2, 0.25) is 5.02 Å². The van der Waals surface area contributed by atoms with E-state index in [4.69, 9.17) is 11.6 Å². The molecule has 0 aliphatic rings. The molecule has 0 saturated carbocycles. The van der Waals surface area contributed by atoms with Crippen LogP contribution in [-0.4, -0.2) is 20.6 Å². The predicted molar refractivity (Wildman–Crippen MR) is 70.4 cm³/mol. The van der Waals surface area contributed by atoms with E-state index in [1.807, 2.05) is 12.1 Å². The van der Waals surface area contributed by atoms with Crippen molar-refractivity contribution in [1.82, 2.24) is 14.6 Å². The first kappa shape index (κ1) is 12.1. The minimum atomic E-state index is -1.21. The second-order valence-corrected chi connectivity index (χ2v) is 5.35. The molecule has 2 heterocycles. The fraction of sp³-hybridized carbons (Fsp3) is 0.0833. The van der Waals surface area contributed by atoms with Crippen molar-refractivity contribution in [2.24, 2.45) is 0 Å². The van der Waals surface area contributed by atoms with Crippen molar-refractivity contribution in [2.45, 2.75) is 6.92 Å². The predicted octanol–water partition coefficient (Wildman–Crippen LogP) is 1.78. The second kappa shape index (κ2) is 4.32. The van der Waals surface area contributed by atoms with Crippen LogP contribution in [0.4, 0.5) is 0 Å². The largest absolute Gasteiger partial charge is 0.544 e. The van der Waals surface area contributed by atoms with Crippen molar-refractivity contribution < 1.29 is 9.90 Å². The summed E-state index contributed by atoms with van der Waals surface area (Å²) in [6.45, 7) is 1.68. The van der Waals surface area contributed by atoms with Crippen LogP contribution in [0.5, 0.6) is 0 Å². The molecule has 0 unspecified atom stereocenters. The maximum atomic E-state index is 10.9. The van der Waals surface area contributed by atoms with Crippen LogP contribution < -0.4 is 5.11 Å². The lowest BCUT2D eigenvalue weighted by Gasteiger charge is -1.98. The third-order valence-electron chi connectivity index (χ3n) is 2.70. The minimum Gasteiger partial charge on any atom is -0.544 e. The highest BCUT2D eigenvalue weighted by molar-refractivity contribution is 7.18. The number of aromatic nitrogens is 3. The minimum absolute atomic E-state index is 0.151. The lowest BCUT2D eigenvalue weighted by Crippen LogP contribution is -2.22. The second-order valence-electron chi connectivity index (χ2n) is 3.94. The Labute approximate surface area is 117 Å². The van der Waals surface area contributed by atoms with Crippen LogP contribution in [0.1, 0.15) is 15.4 Å². The van der Waals surface area contributed by atoms with Gasteiger partial charge in [-0.1, -0.05) is 22.9 Å². The first-order chi connectivity index (χ1) is 9.06. The maximum Gasteiger partial charge on any atom is 0.213 e. The van der Waals surface area contributed by atoms with E-state index in [0.717, 1.165) is 16.9 Å². The van der Waals surface area contributed by atoms with Gasteiger partial charge < -0.3 is 9.90 Å². The van der Waals surface area contributed by atoms with E-state index < -0.39 is 5.97 Å². The zero-order valence-electron chi connectivity index (χ0n) is 9.75. The first-order valence-electron chi connectivity index (χ1n) is 5.39. The number of carboxylic acids is 1. The van der Waals surface area contributed by atoms with Gasteiger partial charge in [-0.3, -0.25) is 0 Å². The van der Waals surface area contributed by atoms with Crippen molar-refractivity contribution in [3.8, 4) is 11.4 Å². The average Bonchev–Trinajstić information content (AvgIpc) is 2.90. The van der Waals surface area contributed by atoms with Gasteiger partial charge in [-0.05, 0) is 31.2 Å². The van der Waals surface area contributed by atoms with Gasteiger partial charge in [0.25, 0.3) is 0 Å². The fourth-order valence-corrected chi connectivity index (χ4v) is 2.78. The highest BCUT2D eigenvalue weighted by Gasteiger charge is 2.14. The maximum absolute atomic E-state index is 10.9. The number of carboxylic acid groups (broad SMARTS) is 1. The number of carbonyl (C=O) groups excluding carboxylic acids is 1. The van der Waals surface area contributed by atoms with Gasteiger partial charge in [-0.2, -0.15) is 4.98 Å². The summed E-state index contributed by atoms with van der Waals surface area (Å²) in [6, 6.07) is 7.14. The Bertz CT molecular complexity index is 776. The van der Waals surface area contributed by atoms with Gasteiger partial charge in [0, 0.05) is 10.6 Å². The summed E-state index contributed by atoms with van der Waals surface area (Å²) in [7, 11) is 0. The van der Waals surface area contributed by atoms with Crippen molar-refractivity contribution in [3.05, 3.63) is 39.9 Å². The molecular formula is C12H7ClN3O2S-. The number of aryl methyl sites for hydroxylation is 1. The van der Waals surface area contributed by atoms with E-state index in [1.165, 1.54) is 4.52 Å². The Hall–Kier alpha value is -1.92. The molecular weight excluding hydrogens is 286 g/mol. The van der Waals surface area contributed by atoms with Gasteiger partial charge >= 0.3 is 0 Å². The number of carbonyl (C=O) groups is 1. The Morgan fingerprint density at radius 3 is 2.63 bits per heavy atom. The molecule has 0 spiro atoms.